The number of amides is 2. The van der Waals surface area contributed by atoms with Crippen molar-refractivity contribution in [1.29, 1.82) is 0 Å². The fourth-order valence-corrected chi connectivity index (χ4v) is 2.72. The third-order valence-electron chi connectivity index (χ3n) is 4.18. The normalized spacial score (nSPS) is 17.2. The highest BCUT2D eigenvalue weighted by Gasteiger charge is 2.35. The molecule has 0 spiro atoms. The van der Waals surface area contributed by atoms with Crippen LogP contribution in [0.3, 0.4) is 0 Å². The van der Waals surface area contributed by atoms with Crippen LogP contribution in [0.5, 0.6) is 0 Å². The summed E-state index contributed by atoms with van der Waals surface area (Å²) in [6.45, 7) is 4.13. The Morgan fingerprint density at radius 1 is 1.44 bits per heavy atom. The van der Waals surface area contributed by atoms with Crippen molar-refractivity contribution >= 4 is 17.8 Å². The Bertz CT molecular complexity index is 727. The van der Waals surface area contributed by atoms with E-state index < -0.39 is 22.7 Å². The molecule has 25 heavy (non-hydrogen) atoms. The molecule has 2 amide bonds. The minimum absolute atomic E-state index is 0.0217. The molecule has 136 valence electrons. The van der Waals surface area contributed by atoms with Crippen molar-refractivity contribution in [1.82, 2.24) is 20.4 Å². The zero-order chi connectivity index (χ0) is 18.6. The molecular formula is C16H22N4O5. The van der Waals surface area contributed by atoms with Crippen molar-refractivity contribution in [2.75, 3.05) is 20.2 Å². The maximum Gasteiger partial charge on any atom is 0.311 e. The van der Waals surface area contributed by atoms with Gasteiger partial charge in [-0.1, -0.05) is 0 Å². The van der Waals surface area contributed by atoms with Crippen LogP contribution in [0.15, 0.2) is 17.2 Å². The van der Waals surface area contributed by atoms with E-state index >= 15 is 0 Å². The van der Waals surface area contributed by atoms with Crippen LogP contribution >= 0.6 is 0 Å². The van der Waals surface area contributed by atoms with Crippen LogP contribution in [0.2, 0.25) is 0 Å². The van der Waals surface area contributed by atoms with E-state index in [1.807, 2.05) is 0 Å². The van der Waals surface area contributed by atoms with Gasteiger partial charge in [0.25, 0.3) is 5.91 Å². The molecular weight excluding hydrogens is 328 g/mol. The number of methoxy groups -OCH3 is 1. The number of likely N-dealkylation sites (tertiary alicyclic amines) is 1. The van der Waals surface area contributed by atoms with E-state index in [0.717, 1.165) is 6.20 Å². The van der Waals surface area contributed by atoms with Crippen LogP contribution in [0.1, 0.15) is 37.0 Å². The minimum atomic E-state index is -0.905. The Balaban J connectivity index is 1.92. The number of H-pyrrole nitrogens is 1. The summed E-state index contributed by atoms with van der Waals surface area (Å²) in [6.07, 6.45) is 2.90. The zero-order valence-electron chi connectivity index (χ0n) is 14.5. The van der Waals surface area contributed by atoms with Crippen LogP contribution in [0.4, 0.5) is 0 Å². The summed E-state index contributed by atoms with van der Waals surface area (Å²) in [5.74, 6) is -1.12. The number of nitrogens with one attached hydrogen (secondary N) is 2. The van der Waals surface area contributed by atoms with E-state index in [-0.39, 0.29) is 23.9 Å². The second kappa shape index (κ2) is 7.45. The Labute approximate surface area is 144 Å². The van der Waals surface area contributed by atoms with Crippen molar-refractivity contribution in [2.45, 2.75) is 32.7 Å². The lowest BCUT2D eigenvalue weighted by Gasteiger charge is -2.24. The number of nitrogens with zero attached hydrogens (tertiary/aromatic N) is 2. The van der Waals surface area contributed by atoms with Gasteiger partial charge in [0.15, 0.2) is 0 Å². The molecule has 1 aliphatic rings. The van der Waals surface area contributed by atoms with Crippen molar-refractivity contribution < 1.29 is 19.1 Å². The Morgan fingerprint density at radius 3 is 2.80 bits per heavy atom. The number of ether oxygens (including phenoxy) is 1. The van der Waals surface area contributed by atoms with Crippen LogP contribution in [-0.2, 0) is 14.3 Å². The van der Waals surface area contributed by atoms with Gasteiger partial charge in [-0.15, -0.1) is 0 Å². The van der Waals surface area contributed by atoms with Gasteiger partial charge in [0, 0.05) is 31.7 Å². The fourth-order valence-electron chi connectivity index (χ4n) is 2.72. The van der Waals surface area contributed by atoms with Gasteiger partial charge in [-0.3, -0.25) is 24.3 Å². The molecule has 2 heterocycles. The molecule has 2 rings (SSSR count). The molecule has 2 N–H and O–H groups in total. The third kappa shape index (κ3) is 4.43. The number of esters is 1. The molecule has 0 saturated carbocycles. The van der Waals surface area contributed by atoms with Crippen molar-refractivity contribution in [3.05, 3.63) is 28.2 Å². The number of aromatic nitrogens is 2. The molecule has 1 aliphatic heterocycles. The summed E-state index contributed by atoms with van der Waals surface area (Å²) in [5, 5.41) is 8.74. The molecule has 0 aromatic carbocycles. The van der Waals surface area contributed by atoms with Crippen molar-refractivity contribution in [3.8, 4) is 0 Å². The molecule has 1 saturated heterocycles. The van der Waals surface area contributed by atoms with E-state index in [0.29, 0.717) is 19.5 Å². The Kier molecular flexibility index (Phi) is 5.55. The van der Waals surface area contributed by atoms with E-state index in [2.05, 4.69) is 15.5 Å². The average molecular weight is 350 g/mol. The van der Waals surface area contributed by atoms with Gasteiger partial charge in [-0.2, -0.15) is 5.10 Å². The first-order chi connectivity index (χ1) is 11.7. The fraction of sp³-hybridized carbons (Fsp3) is 0.562. The lowest BCUT2D eigenvalue weighted by molar-refractivity contribution is -0.154. The van der Waals surface area contributed by atoms with Gasteiger partial charge in [-0.05, 0) is 20.3 Å². The first-order valence-electron chi connectivity index (χ1n) is 7.95. The van der Waals surface area contributed by atoms with Gasteiger partial charge in [0.05, 0.1) is 18.7 Å². The predicted molar refractivity (Wildman–Crippen MR) is 87.7 cm³/mol. The number of hydrogen-bond donors (Lipinski definition) is 2. The van der Waals surface area contributed by atoms with Crippen LogP contribution in [0, 0.1) is 5.41 Å². The number of aromatic amines is 1. The van der Waals surface area contributed by atoms with Crippen LogP contribution in [0.25, 0.3) is 0 Å². The van der Waals surface area contributed by atoms with Crippen LogP contribution in [-0.4, -0.2) is 59.1 Å². The molecule has 1 aromatic rings. The molecule has 1 aromatic heterocycles. The number of rotatable bonds is 5. The van der Waals surface area contributed by atoms with Gasteiger partial charge >= 0.3 is 5.97 Å². The number of hydrogen-bond acceptors (Lipinski definition) is 6. The highest BCUT2D eigenvalue weighted by molar-refractivity contribution is 5.94. The largest absolute Gasteiger partial charge is 0.469 e. The lowest BCUT2D eigenvalue weighted by atomic mass is 9.89. The first kappa shape index (κ1) is 18.6. The summed E-state index contributed by atoms with van der Waals surface area (Å²) in [5.41, 5.74) is -1.40. The summed E-state index contributed by atoms with van der Waals surface area (Å²) >= 11 is 0. The predicted octanol–water partition coefficient (Wildman–Crippen LogP) is -0.310. The van der Waals surface area contributed by atoms with E-state index in [1.165, 1.54) is 13.3 Å². The van der Waals surface area contributed by atoms with Gasteiger partial charge in [0.2, 0.25) is 11.3 Å². The van der Waals surface area contributed by atoms with Crippen molar-refractivity contribution in [3.63, 3.8) is 0 Å². The van der Waals surface area contributed by atoms with Gasteiger partial charge < -0.3 is 15.0 Å². The quantitative estimate of drug-likeness (QED) is 0.703. The van der Waals surface area contributed by atoms with Gasteiger partial charge in [-0.25, -0.2) is 0 Å². The molecule has 0 bridgehead atoms. The number of carbonyl (C=O) groups is 3. The topological polar surface area (TPSA) is 121 Å². The summed E-state index contributed by atoms with van der Waals surface area (Å²) in [4.78, 5) is 49.4. The maximum absolute atomic E-state index is 12.4. The monoisotopic (exact) mass is 350 g/mol. The smallest absolute Gasteiger partial charge is 0.311 e. The maximum atomic E-state index is 12.4. The second-order valence-electron chi connectivity index (χ2n) is 6.66. The Morgan fingerprint density at radius 2 is 2.16 bits per heavy atom. The van der Waals surface area contributed by atoms with Crippen LogP contribution < -0.4 is 10.7 Å². The van der Waals surface area contributed by atoms with E-state index in [9.17, 15) is 19.2 Å². The summed E-state index contributed by atoms with van der Waals surface area (Å²) in [7, 11) is 1.29. The lowest BCUT2D eigenvalue weighted by Crippen LogP contribution is -2.41. The standard InChI is InChI=1S/C16H22N4O5/c1-16(2,15(24)25-3)6-13(22)20-5-4-10(9-20)19-14(23)11-7-17-18-8-12(11)21/h7-8,10H,4-6,9H2,1-3H3,(H,17,21)(H,19,23). The molecule has 9 nitrogen and oxygen atoms in total. The first-order valence-corrected chi connectivity index (χ1v) is 7.95. The average Bonchev–Trinajstić information content (AvgIpc) is 3.02. The molecule has 1 atom stereocenters. The Hall–Kier alpha value is -2.71. The van der Waals surface area contributed by atoms with Gasteiger partial charge in [0.1, 0.15) is 5.56 Å². The highest BCUT2D eigenvalue weighted by Crippen LogP contribution is 2.24. The summed E-state index contributed by atoms with van der Waals surface area (Å²) < 4.78 is 4.71. The molecule has 0 radical (unpaired) electrons. The third-order valence-corrected chi connectivity index (χ3v) is 4.18. The van der Waals surface area contributed by atoms with E-state index in [1.54, 1.807) is 18.7 Å². The molecule has 9 heteroatoms. The number of carbonyl (C=O) groups excluding carboxylic acids is 3. The summed E-state index contributed by atoms with van der Waals surface area (Å²) in [6, 6.07) is -0.245. The van der Waals surface area contributed by atoms with Crippen molar-refractivity contribution in [2.24, 2.45) is 5.41 Å². The molecule has 0 aliphatic carbocycles. The minimum Gasteiger partial charge on any atom is -0.469 e. The molecule has 1 fully saturated rings. The molecule has 1 unspecified atom stereocenters. The van der Waals surface area contributed by atoms with E-state index in [4.69, 9.17) is 4.74 Å². The SMILES string of the molecule is COC(=O)C(C)(C)CC(=O)N1CCC(NC(=O)c2c[nH]ncc2=O)C1. The zero-order valence-corrected chi connectivity index (χ0v) is 14.5. The highest BCUT2D eigenvalue weighted by atomic mass is 16.5. The second-order valence-corrected chi connectivity index (χ2v) is 6.66.